The van der Waals surface area contributed by atoms with E-state index < -0.39 is 23.1 Å². The maximum absolute atomic E-state index is 10.0. The van der Waals surface area contributed by atoms with E-state index >= 15 is 0 Å². The fourth-order valence-corrected chi connectivity index (χ4v) is 0.0816. The van der Waals surface area contributed by atoms with Crippen LogP contribution >= 0.6 is 0 Å². The van der Waals surface area contributed by atoms with Crippen molar-refractivity contribution in [2.24, 2.45) is 10.8 Å². The highest BCUT2D eigenvalue weighted by Crippen LogP contribution is 2.16. The molecule has 0 saturated carbocycles. The van der Waals surface area contributed by atoms with Gasteiger partial charge in [0.2, 0.25) is 0 Å². The minimum atomic E-state index is -1.44. The number of hydrogen-bond acceptors (Lipinski definition) is 4. The van der Waals surface area contributed by atoms with Crippen molar-refractivity contribution in [3.05, 3.63) is 0 Å². The predicted octanol–water partition coefficient (Wildman–Crippen LogP) is 0.433. The highest BCUT2D eigenvalue weighted by atomic mass is 16.5. The van der Waals surface area contributed by atoms with E-state index in [2.05, 4.69) is 0 Å². The van der Waals surface area contributed by atoms with E-state index in [4.69, 9.17) is 20.4 Å². The average molecular weight is 222 g/mol. The van der Waals surface area contributed by atoms with Crippen molar-refractivity contribution in [1.82, 2.24) is 0 Å². The van der Waals surface area contributed by atoms with Gasteiger partial charge in [0.25, 0.3) is 0 Å². The summed E-state index contributed by atoms with van der Waals surface area (Å²) in [6.45, 7) is 7.90. The normalized spacial score (nSPS) is 12.1. The second-order valence-electron chi connectivity index (χ2n) is 5.08. The van der Waals surface area contributed by atoms with Gasteiger partial charge in [-0.25, -0.2) is 0 Å². The number of aliphatic carboxylic acids is 1. The molecule has 0 aromatic rings. The highest BCUT2D eigenvalue weighted by Gasteiger charge is 2.24. The Labute approximate surface area is 90.4 Å². The number of carboxylic acid groups (broad SMARTS) is 1. The Bertz CT molecular complexity index is 190. The molecule has 5 heteroatoms. The zero-order valence-corrected chi connectivity index (χ0v) is 9.98. The SMILES string of the molecule is CC(C)(C)C(=O)O.CC(C)(CO)C(O)O. The van der Waals surface area contributed by atoms with Gasteiger partial charge >= 0.3 is 5.97 Å². The number of aliphatic hydroxyl groups is 3. The maximum Gasteiger partial charge on any atom is 0.308 e. The van der Waals surface area contributed by atoms with E-state index in [1.165, 1.54) is 0 Å². The lowest BCUT2D eigenvalue weighted by Gasteiger charge is -2.22. The molecule has 0 saturated heterocycles. The molecule has 0 aliphatic carbocycles. The summed E-state index contributed by atoms with van der Waals surface area (Å²) in [6, 6.07) is 0. The van der Waals surface area contributed by atoms with Gasteiger partial charge in [-0.1, -0.05) is 13.8 Å². The summed E-state index contributed by atoms with van der Waals surface area (Å²) < 4.78 is 0. The van der Waals surface area contributed by atoms with Crippen LogP contribution in [0.15, 0.2) is 0 Å². The number of aliphatic hydroxyl groups excluding tert-OH is 2. The summed E-state index contributed by atoms with van der Waals surface area (Å²) >= 11 is 0. The molecule has 92 valence electrons. The van der Waals surface area contributed by atoms with Gasteiger partial charge in [-0.3, -0.25) is 4.79 Å². The molecule has 0 aliphatic rings. The Hall–Kier alpha value is -0.650. The Morgan fingerprint density at radius 1 is 1.13 bits per heavy atom. The highest BCUT2D eigenvalue weighted by molar-refractivity contribution is 5.72. The first-order valence-corrected chi connectivity index (χ1v) is 4.65. The second kappa shape index (κ2) is 6.05. The standard InChI is InChI=1S/C5H12O3.C5H10O2/c1-5(2,3-6)4(7)8;1-5(2,3)4(6)7/h4,6-8H,3H2,1-2H3;1-3H3,(H,6,7). The smallest absolute Gasteiger partial charge is 0.308 e. The van der Waals surface area contributed by atoms with Crippen molar-refractivity contribution in [3.8, 4) is 0 Å². The summed E-state index contributed by atoms with van der Waals surface area (Å²) in [5.41, 5.74) is -1.38. The van der Waals surface area contributed by atoms with Gasteiger partial charge < -0.3 is 20.4 Å². The molecule has 5 nitrogen and oxygen atoms in total. The molecular weight excluding hydrogens is 200 g/mol. The number of hydrogen-bond donors (Lipinski definition) is 4. The van der Waals surface area contributed by atoms with Crippen molar-refractivity contribution in [1.29, 1.82) is 0 Å². The predicted molar refractivity (Wildman–Crippen MR) is 56.2 cm³/mol. The number of carboxylic acids is 1. The van der Waals surface area contributed by atoms with Crippen LogP contribution in [0.3, 0.4) is 0 Å². The fourth-order valence-electron chi connectivity index (χ4n) is 0.0816. The van der Waals surface area contributed by atoms with Crippen molar-refractivity contribution in [3.63, 3.8) is 0 Å². The van der Waals surface area contributed by atoms with Crippen LogP contribution in [-0.4, -0.2) is 39.3 Å². The molecule has 0 spiro atoms. The van der Waals surface area contributed by atoms with Gasteiger partial charge in [-0.2, -0.15) is 0 Å². The van der Waals surface area contributed by atoms with Crippen molar-refractivity contribution < 1.29 is 25.2 Å². The molecular formula is C10H22O5. The second-order valence-corrected chi connectivity index (χ2v) is 5.08. The minimum Gasteiger partial charge on any atom is -0.481 e. The molecule has 0 fully saturated rings. The van der Waals surface area contributed by atoms with Gasteiger partial charge in [0.15, 0.2) is 6.29 Å². The number of carbonyl (C=O) groups is 1. The molecule has 4 N–H and O–H groups in total. The monoisotopic (exact) mass is 222 g/mol. The fraction of sp³-hybridized carbons (Fsp3) is 0.900. The number of rotatable bonds is 2. The summed E-state index contributed by atoms with van der Waals surface area (Å²) in [5, 5.41) is 33.6. The zero-order valence-electron chi connectivity index (χ0n) is 9.98. The maximum atomic E-state index is 10.0. The van der Waals surface area contributed by atoms with E-state index in [0.29, 0.717) is 0 Å². The minimum absolute atomic E-state index is 0.218. The van der Waals surface area contributed by atoms with Crippen LogP contribution in [0.1, 0.15) is 34.6 Å². The van der Waals surface area contributed by atoms with E-state index in [1.807, 2.05) is 0 Å². The van der Waals surface area contributed by atoms with Crippen LogP contribution < -0.4 is 0 Å². The Balaban J connectivity index is 0. The largest absolute Gasteiger partial charge is 0.481 e. The van der Waals surface area contributed by atoms with Crippen LogP contribution in [0.4, 0.5) is 0 Å². The molecule has 0 heterocycles. The Morgan fingerprint density at radius 2 is 1.40 bits per heavy atom. The lowest BCUT2D eigenvalue weighted by Crippen LogP contribution is -2.32. The zero-order chi connectivity index (χ0) is 12.9. The third kappa shape index (κ3) is 8.35. The van der Waals surface area contributed by atoms with Crippen molar-refractivity contribution in [2.75, 3.05) is 6.61 Å². The van der Waals surface area contributed by atoms with Gasteiger partial charge in [-0.05, 0) is 20.8 Å². The molecule has 0 aromatic carbocycles. The molecule has 0 unspecified atom stereocenters. The summed E-state index contributed by atoms with van der Waals surface area (Å²) in [7, 11) is 0. The van der Waals surface area contributed by atoms with Gasteiger partial charge in [0.05, 0.1) is 12.0 Å². The summed E-state index contributed by atoms with van der Waals surface area (Å²) in [6.07, 6.45) is -1.44. The van der Waals surface area contributed by atoms with Gasteiger partial charge in [-0.15, -0.1) is 0 Å². The third-order valence-corrected chi connectivity index (χ3v) is 1.75. The molecule has 0 aliphatic heterocycles. The van der Waals surface area contributed by atoms with Gasteiger partial charge in [0.1, 0.15) is 0 Å². The van der Waals surface area contributed by atoms with Crippen molar-refractivity contribution >= 4 is 5.97 Å². The van der Waals surface area contributed by atoms with Crippen LogP contribution in [0.2, 0.25) is 0 Å². The van der Waals surface area contributed by atoms with Crippen molar-refractivity contribution in [2.45, 2.75) is 40.9 Å². The molecule has 0 aromatic heterocycles. The first kappa shape index (κ1) is 16.8. The van der Waals surface area contributed by atoms with Crippen LogP contribution in [0, 0.1) is 10.8 Å². The summed E-state index contributed by atoms with van der Waals surface area (Å²) in [4.78, 5) is 10.0. The molecule has 0 atom stereocenters. The Kier molecular flexibility index (Phi) is 6.76. The molecule has 0 bridgehead atoms. The van der Waals surface area contributed by atoms with Crippen LogP contribution in [0.5, 0.6) is 0 Å². The molecule has 15 heavy (non-hydrogen) atoms. The molecule has 0 radical (unpaired) electrons. The third-order valence-electron chi connectivity index (χ3n) is 1.75. The van der Waals surface area contributed by atoms with E-state index in [9.17, 15) is 4.79 Å². The molecule has 0 rings (SSSR count). The van der Waals surface area contributed by atoms with E-state index in [1.54, 1.807) is 34.6 Å². The topological polar surface area (TPSA) is 98.0 Å². The van der Waals surface area contributed by atoms with E-state index in [-0.39, 0.29) is 6.61 Å². The lowest BCUT2D eigenvalue weighted by molar-refractivity contribution is -0.145. The van der Waals surface area contributed by atoms with Crippen LogP contribution in [-0.2, 0) is 4.79 Å². The Morgan fingerprint density at radius 3 is 1.40 bits per heavy atom. The van der Waals surface area contributed by atoms with Gasteiger partial charge in [0, 0.05) is 5.41 Å². The lowest BCUT2D eigenvalue weighted by atomic mass is 9.94. The average Bonchev–Trinajstić information content (AvgIpc) is 2.03. The summed E-state index contributed by atoms with van der Waals surface area (Å²) in [5.74, 6) is -0.757. The van der Waals surface area contributed by atoms with Crippen LogP contribution in [0.25, 0.3) is 0 Å². The first-order chi connectivity index (χ1) is 6.45. The molecule has 0 amide bonds. The quantitative estimate of drug-likeness (QED) is 0.508. The van der Waals surface area contributed by atoms with E-state index in [0.717, 1.165) is 0 Å². The first-order valence-electron chi connectivity index (χ1n) is 4.65.